The third-order valence-electron chi connectivity index (χ3n) is 6.52. The molecule has 0 unspecified atom stereocenters. The van der Waals surface area contributed by atoms with Crippen molar-refractivity contribution >= 4 is 11.7 Å². The van der Waals surface area contributed by atoms with E-state index < -0.39 is 11.7 Å². The Hall–Kier alpha value is -3.56. The summed E-state index contributed by atoms with van der Waals surface area (Å²) in [5.41, 5.74) is 0.0544. The Kier molecular flexibility index (Phi) is 5.22. The van der Waals surface area contributed by atoms with Gasteiger partial charge in [-0.1, -0.05) is 0 Å². The van der Waals surface area contributed by atoms with Crippen molar-refractivity contribution in [3.63, 3.8) is 0 Å². The Morgan fingerprint density at radius 3 is 2.45 bits per heavy atom. The Morgan fingerprint density at radius 1 is 1.03 bits per heavy atom. The second-order valence-corrected chi connectivity index (χ2v) is 8.40. The van der Waals surface area contributed by atoms with E-state index in [1.165, 1.54) is 6.07 Å². The van der Waals surface area contributed by atoms with Crippen molar-refractivity contribution in [2.24, 2.45) is 5.92 Å². The van der Waals surface area contributed by atoms with E-state index in [2.05, 4.69) is 25.3 Å². The van der Waals surface area contributed by atoms with Gasteiger partial charge in [-0.15, -0.1) is 0 Å². The number of amides is 1. The second kappa shape index (κ2) is 8.09. The highest BCUT2D eigenvalue weighted by molar-refractivity contribution is 5.98. The standard InChI is InChI=1S/C23H21F3N6O/c1-13-14-10-17(31-19-6-5-15(12-30-19)23(24,25)26)18(11-14)32(13)22(33)20-16(4-2-7-27-20)21-28-8-3-9-29-21/h2-9,12-14,17-18H,10-11H2,1H3,(H,30,31)/t13-,14+,17-,18+/m1/s1. The minimum absolute atomic E-state index is 0.0210. The van der Waals surface area contributed by atoms with Gasteiger partial charge in [0.2, 0.25) is 0 Å². The molecule has 0 spiro atoms. The topological polar surface area (TPSA) is 83.9 Å². The molecule has 1 N–H and O–H groups in total. The quantitative estimate of drug-likeness (QED) is 0.640. The van der Waals surface area contributed by atoms with Crippen molar-refractivity contribution in [1.29, 1.82) is 0 Å². The van der Waals surface area contributed by atoms with Crippen LogP contribution in [0.2, 0.25) is 0 Å². The highest BCUT2D eigenvalue weighted by Crippen LogP contribution is 2.44. The fourth-order valence-electron chi connectivity index (χ4n) is 4.93. The first kappa shape index (κ1) is 21.3. The van der Waals surface area contributed by atoms with Gasteiger partial charge >= 0.3 is 6.18 Å². The van der Waals surface area contributed by atoms with Crippen LogP contribution in [0, 0.1) is 5.92 Å². The fourth-order valence-corrected chi connectivity index (χ4v) is 4.93. The number of nitrogens with zero attached hydrogens (tertiary/aromatic N) is 5. The number of nitrogens with one attached hydrogen (secondary N) is 1. The lowest BCUT2D eigenvalue weighted by Crippen LogP contribution is -2.52. The molecule has 2 aliphatic rings. The maximum Gasteiger partial charge on any atom is 0.417 e. The number of fused-ring (bicyclic) bond motifs is 2. The molecule has 1 aliphatic carbocycles. The number of piperidine rings is 1. The van der Waals surface area contributed by atoms with Crippen molar-refractivity contribution < 1.29 is 18.0 Å². The summed E-state index contributed by atoms with van der Waals surface area (Å²) in [4.78, 5) is 32.3. The van der Waals surface area contributed by atoms with Crippen LogP contribution in [0.3, 0.4) is 0 Å². The smallest absolute Gasteiger partial charge is 0.365 e. The van der Waals surface area contributed by atoms with E-state index in [1.807, 2.05) is 11.8 Å². The molecule has 10 heteroatoms. The zero-order chi connectivity index (χ0) is 23.2. The van der Waals surface area contributed by atoms with Crippen molar-refractivity contribution in [2.45, 2.75) is 44.1 Å². The maximum atomic E-state index is 13.6. The molecule has 1 aliphatic heterocycles. The first-order chi connectivity index (χ1) is 15.8. The summed E-state index contributed by atoms with van der Waals surface area (Å²) in [6.45, 7) is 2.02. The van der Waals surface area contributed by atoms with Gasteiger partial charge in [-0.05, 0) is 56.0 Å². The van der Waals surface area contributed by atoms with E-state index in [1.54, 1.807) is 36.8 Å². The van der Waals surface area contributed by atoms with Crippen molar-refractivity contribution in [3.8, 4) is 11.4 Å². The number of likely N-dealkylation sites (tertiary alicyclic amines) is 1. The van der Waals surface area contributed by atoms with Crippen LogP contribution in [0.25, 0.3) is 11.4 Å². The number of alkyl halides is 3. The number of hydrogen-bond donors (Lipinski definition) is 1. The van der Waals surface area contributed by atoms with E-state index in [0.29, 0.717) is 17.2 Å². The lowest BCUT2D eigenvalue weighted by Gasteiger charge is -2.38. The molecule has 4 atom stereocenters. The van der Waals surface area contributed by atoms with Gasteiger partial charge in [0.05, 0.1) is 17.2 Å². The number of aromatic nitrogens is 4. The molecule has 0 aromatic carbocycles. The fraction of sp³-hybridized carbons (Fsp3) is 0.348. The monoisotopic (exact) mass is 454 g/mol. The largest absolute Gasteiger partial charge is 0.417 e. The Bertz CT molecular complexity index is 1150. The van der Waals surface area contributed by atoms with Crippen molar-refractivity contribution in [1.82, 2.24) is 24.8 Å². The molecule has 7 nitrogen and oxygen atoms in total. The van der Waals surface area contributed by atoms with Gasteiger partial charge in [-0.2, -0.15) is 13.2 Å². The minimum atomic E-state index is -4.43. The Morgan fingerprint density at radius 2 is 1.79 bits per heavy atom. The van der Waals surface area contributed by atoms with Crippen molar-refractivity contribution in [2.75, 3.05) is 5.32 Å². The van der Waals surface area contributed by atoms with Crippen LogP contribution < -0.4 is 5.32 Å². The molecular weight excluding hydrogens is 433 g/mol. The van der Waals surface area contributed by atoms with Crippen molar-refractivity contribution in [3.05, 3.63) is 66.4 Å². The van der Waals surface area contributed by atoms with Gasteiger partial charge in [0.25, 0.3) is 5.91 Å². The van der Waals surface area contributed by atoms with E-state index in [0.717, 1.165) is 25.1 Å². The zero-order valence-electron chi connectivity index (χ0n) is 17.7. The number of anilines is 1. The Labute approximate surface area is 188 Å². The first-order valence-electron chi connectivity index (χ1n) is 10.7. The number of hydrogen-bond acceptors (Lipinski definition) is 6. The highest BCUT2D eigenvalue weighted by Gasteiger charge is 2.52. The average molecular weight is 454 g/mol. The summed E-state index contributed by atoms with van der Waals surface area (Å²) in [6.07, 6.45) is 2.81. The van der Waals surface area contributed by atoms with Gasteiger partial charge in [0, 0.05) is 36.9 Å². The number of halogens is 3. The minimum Gasteiger partial charge on any atom is -0.365 e. The lowest BCUT2D eigenvalue weighted by molar-refractivity contribution is -0.137. The van der Waals surface area contributed by atoms with E-state index in [-0.39, 0.29) is 35.6 Å². The predicted octanol–water partition coefficient (Wildman–Crippen LogP) is 4.06. The summed E-state index contributed by atoms with van der Waals surface area (Å²) in [7, 11) is 0. The molecule has 1 amide bonds. The van der Waals surface area contributed by atoms with Gasteiger partial charge in [-0.25, -0.2) is 15.0 Å². The molecule has 5 rings (SSSR count). The molecule has 2 bridgehead atoms. The Balaban J connectivity index is 1.39. The number of carbonyl (C=O) groups excluding carboxylic acids is 1. The molecule has 3 aromatic heterocycles. The lowest BCUT2D eigenvalue weighted by atomic mass is 9.97. The molecular formula is C23H21F3N6O. The molecule has 2 fully saturated rings. The number of pyridine rings is 2. The molecule has 170 valence electrons. The van der Waals surface area contributed by atoms with Gasteiger partial charge < -0.3 is 10.2 Å². The normalized spacial score (nSPS) is 24.2. The third kappa shape index (κ3) is 3.90. The predicted molar refractivity (Wildman–Crippen MR) is 114 cm³/mol. The third-order valence-corrected chi connectivity index (χ3v) is 6.52. The van der Waals surface area contributed by atoms with Crippen LogP contribution in [0.15, 0.2) is 55.1 Å². The number of carbonyl (C=O) groups is 1. The second-order valence-electron chi connectivity index (χ2n) is 8.40. The number of rotatable bonds is 4. The summed E-state index contributed by atoms with van der Waals surface area (Å²) in [6, 6.07) is 7.34. The maximum absolute atomic E-state index is 13.6. The van der Waals surface area contributed by atoms with Crippen LogP contribution in [0.5, 0.6) is 0 Å². The highest BCUT2D eigenvalue weighted by atomic mass is 19.4. The van der Waals surface area contributed by atoms with E-state index in [9.17, 15) is 18.0 Å². The van der Waals surface area contributed by atoms with Crippen LogP contribution in [-0.4, -0.2) is 48.9 Å². The summed E-state index contributed by atoms with van der Waals surface area (Å²) >= 11 is 0. The summed E-state index contributed by atoms with van der Waals surface area (Å²) in [5, 5.41) is 3.24. The molecule has 33 heavy (non-hydrogen) atoms. The molecule has 1 saturated heterocycles. The molecule has 0 radical (unpaired) electrons. The molecule has 3 aromatic rings. The molecule has 4 heterocycles. The van der Waals surface area contributed by atoms with Gasteiger partial charge in [-0.3, -0.25) is 9.78 Å². The van der Waals surface area contributed by atoms with Crippen LogP contribution in [0.1, 0.15) is 35.8 Å². The van der Waals surface area contributed by atoms with Gasteiger partial charge in [0.1, 0.15) is 11.5 Å². The SMILES string of the molecule is C[C@@H]1[C@H]2C[C@@H](Nc3ccc(C(F)(F)F)cn3)[C@H](C2)N1C(=O)c1ncccc1-c1ncccn1. The molecule has 1 saturated carbocycles. The van der Waals surface area contributed by atoms with E-state index in [4.69, 9.17) is 0 Å². The average Bonchev–Trinajstić information content (AvgIpc) is 3.36. The zero-order valence-corrected chi connectivity index (χ0v) is 17.7. The van der Waals surface area contributed by atoms with E-state index >= 15 is 0 Å². The summed E-state index contributed by atoms with van der Waals surface area (Å²) in [5.74, 6) is 0.863. The first-order valence-corrected chi connectivity index (χ1v) is 10.7. The van der Waals surface area contributed by atoms with Crippen LogP contribution >= 0.6 is 0 Å². The van der Waals surface area contributed by atoms with Crippen LogP contribution in [-0.2, 0) is 6.18 Å². The van der Waals surface area contributed by atoms with Gasteiger partial charge in [0.15, 0.2) is 5.82 Å². The summed E-state index contributed by atoms with van der Waals surface area (Å²) < 4.78 is 38.5. The van der Waals surface area contributed by atoms with Crippen LogP contribution in [0.4, 0.5) is 19.0 Å².